The highest BCUT2D eigenvalue weighted by Crippen LogP contribution is 2.34. The normalized spacial score (nSPS) is 15.1. The molecule has 1 fully saturated rings. The zero-order valence-electron chi connectivity index (χ0n) is 14.4. The molecule has 2 aromatic carbocycles. The molecule has 0 radical (unpaired) electrons. The molecule has 0 N–H and O–H groups in total. The Hall–Kier alpha value is -2.93. The first kappa shape index (κ1) is 17.5. The molecule has 0 amide bonds. The van der Waals surface area contributed by atoms with Crippen LogP contribution in [0.3, 0.4) is 0 Å². The molecule has 0 spiro atoms. The molecule has 1 aromatic heterocycles. The number of anilines is 1. The summed E-state index contributed by atoms with van der Waals surface area (Å²) in [5.41, 5.74) is 1.61. The van der Waals surface area contributed by atoms with Gasteiger partial charge in [-0.25, -0.2) is 0 Å². The lowest BCUT2D eigenvalue weighted by molar-refractivity contribution is -0.384. The van der Waals surface area contributed by atoms with E-state index in [1.54, 1.807) is 24.3 Å². The number of rotatable bonds is 4. The van der Waals surface area contributed by atoms with Crippen LogP contribution in [0, 0.1) is 10.1 Å². The highest BCUT2D eigenvalue weighted by Gasteiger charge is 2.28. The van der Waals surface area contributed by atoms with E-state index < -0.39 is 0 Å². The van der Waals surface area contributed by atoms with Gasteiger partial charge in [-0.05, 0) is 31.0 Å². The fraction of sp³-hybridized carbons (Fsp3) is 0.263. The third kappa shape index (κ3) is 3.64. The molecule has 4 rings (SSSR count). The lowest BCUT2D eigenvalue weighted by atomic mass is 9.96. The van der Waals surface area contributed by atoms with E-state index in [1.165, 1.54) is 6.07 Å². The molecule has 2 heterocycles. The number of nitro groups is 1. The van der Waals surface area contributed by atoms with Crippen LogP contribution < -0.4 is 4.90 Å². The summed E-state index contributed by atoms with van der Waals surface area (Å²) in [5.74, 6) is 1.27. The summed E-state index contributed by atoms with van der Waals surface area (Å²) >= 11 is 6.02. The Labute approximate surface area is 160 Å². The van der Waals surface area contributed by atoms with E-state index in [0.717, 1.165) is 18.4 Å². The fourth-order valence-electron chi connectivity index (χ4n) is 3.40. The third-order valence-electron chi connectivity index (χ3n) is 4.79. The van der Waals surface area contributed by atoms with Gasteiger partial charge in [0.15, 0.2) is 0 Å². The van der Waals surface area contributed by atoms with Crippen molar-refractivity contribution < 1.29 is 9.45 Å². The van der Waals surface area contributed by atoms with Gasteiger partial charge in [0.25, 0.3) is 5.69 Å². The molecule has 8 heteroatoms. The summed E-state index contributed by atoms with van der Waals surface area (Å²) in [6.07, 6.45) is 1.59. The van der Waals surface area contributed by atoms with Gasteiger partial charge in [0.2, 0.25) is 11.7 Å². The zero-order valence-corrected chi connectivity index (χ0v) is 15.2. The highest BCUT2D eigenvalue weighted by molar-refractivity contribution is 6.30. The second-order valence-corrected chi connectivity index (χ2v) is 6.91. The van der Waals surface area contributed by atoms with Gasteiger partial charge < -0.3 is 9.42 Å². The number of hydrogen-bond acceptors (Lipinski definition) is 6. The molecular weight excluding hydrogens is 368 g/mol. The Balaban J connectivity index is 1.47. The predicted octanol–water partition coefficient (Wildman–Crippen LogP) is 4.68. The van der Waals surface area contributed by atoms with Crippen LogP contribution in [0.25, 0.3) is 11.4 Å². The van der Waals surface area contributed by atoms with Crippen molar-refractivity contribution in [3.05, 3.63) is 69.6 Å². The number of hydrogen-bond donors (Lipinski definition) is 0. The molecule has 0 atom stereocenters. The minimum Gasteiger partial charge on any atom is -0.366 e. The van der Waals surface area contributed by atoms with Crippen LogP contribution in [0.15, 0.2) is 53.1 Å². The standard InChI is InChI=1S/C19H17ClN4O3/c20-15-5-3-4-14(12-15)18-21-19(27-22-18)13-8-10-23(11-9-13)16-6-1-2-7-17(16)24(25)26/h1-7,12-13H,8-11H2. The van der Waals surface area contributed by atoms with Crippen molar-refractivity contribution in [3.8, 4) is 11.4 Å². The summed E-state index contributed by atoms with van der Waals surface area (Å²) in [5, 5.41) is 15.9. The Morgan fingerprint density at radius 2 is 1.93 bits per heavy atom. The van der Waals surface area contributed by atoms with Gasteiger partial charge in [-0.15, -0.1) is 0 Å². The summed E-state index contributed by atoms with van der Waals surface area (Å²) in [7, 11) is 0. The number of nitro benzene ring substituents is 1. The van der Waals surface area contributed by atoms with Crippen molar-refractivity contribution in [2.24, 2.45) is 0 Å². The van der Waals surface area contributed by atoms with E-state index in [4.69, 9.17) is 16.1 Å². The van der Waals surface area contributed by atoms with Crippen LogP contribution in [0.1, 0.15) is 24.7 Å². The molecule has 0 bridgehead atoms. The molecule has 1 aliphatic heterocycles. The van der Waals surface area contributed by atoms with Crippen LogP contribution in [-0.2, 0) is 0 Å². The Morgan fingerprint density at radius 1 is 1.15 bits per heavy atom. The summed E-state index contributed by atoms with van der Waals surface area (Å²) in [6, 6.07) is 14.2. The van der Waals surface area contributed by atoms with Crippen LogP contribution >= 0.6 is 11.6 Å². The molecule has 0 aliphatic carbocycles. The number of aromatic nitrogens is 2. The fourth-order valence-corrected chi connectivity index (χ4v) is 3.59. The van der Waals surface area contributed by atoms with E-state index in [-0.39, 0.29) is 16.5 Å². The maximum Gasteiger partial charge on any atom is 0.292 e. The highest BCUT2D eigenvalue weighted by atomic mass is 35.5. The lowest BCUT2D eigenvalue weighted by Gasteiger charge is -2.31. The first-order chi connectivity index (χ1) is 13.1. The smallest absolute Gasteiger partial charge is 0.292 e. The Kier molecular flexibility index (Phi) is 4.77. The van der Waals surface area contributed by atoms with E-state index in [1.807, 2.05) is 23.1 Å². The largest absolute Gasteiger partial charge is 0.366 e. The summed E-state index contributed by atoms with van der Waals surface area (Å²) in [4.78, 5) is 17.5. The molecule has 3 aromatic rings. The minimum absolute atomic E-state index is 0.136. The first-order valence-corrected chi connectivity index (χ1v) is 9.07. The number of para-hydroxylation sites is 2. The van der Waals surface area contributed by atoms with Gasteiger partial charge in [0, 0.05) is 35.7 Å². The first-order valence-electron chi connectivity index (χ1n) is 8.70. The lowest BCUT2D eigenvalue weighted by Crippen LogP contribution is -2.33. The Bertz CT molecular complexity index is 967. The quantitative estimate of drug-likeness (QED) is 0.479. The molecule has 7 nitrogen and oxygen atoms in total. The number of benzene rings is 2. The van der Waals surface area contributed by atoms with Crippen molar-refractivity contribution in [2.75, 3.05) is 18.0 Å². The van der Waals surface area contributed by atoms with Gasteiger partial charge >= 0.3 is 0 Å². The molecular formula is C19H17ClN4O3. The van der Waals surface area contributed by atoms with Crippen LogP contribution in [-0.4, -0.2) is 28.2 Å². The van der Waals surface area contributed by atoms with E-state index >= 15 is 0 Å². The molecule has 1 aliphatic rings. The number of nitrogens with zero attached hydrogens (tertiary/aromatic N) is 4. The molecule has 0 unspecified atom stereocenters. The second-order valence-electron chi connectivity index (χ2n) is 6.47. The average Bonchev–Trinajstić information content (AvgIpc) is 3.18. The maximum absolute atomic E-state index is 11.2. The van der Waals surface area contributed by atoms with E-state index in [0.29, 0.717) is 35.5 Å². The minimum atomic E-state index is -0.337. The van der Waals surface area contributed by atoms with Crippen molar-refractivity contribution >= 4 is 23.0 Å². The Morgan fingerprint density at radius 3 is 2.67 bits per heavy atom. The van der Waals surface area contributed by atoms with Crippen LogP contribution in [0.4, 0.5) is 11.4 Å². The number of piperidine rings is 1. The average molecular weight is 385 g/mol. The molecule has 0 saturated carbocycles. The zero-order chi connectivity index (χ0) is 18.8. The van der Waals surface area contributed by atoms with Gasteiger partial charge in [0.05, 0.1) is 4.92 Å². The van der Waals surface area contributed by atoms with Crippen molar-refractivity contribution in [2.45, 2.75) is 18.8 Å². The summed E-state index contributed by atoms with van der Waals surface area (Å²) < 4.78 is 5.47. The van der Waals surface area contributed by atoms with Crippen LogP contribution in [0.2, 0.25) is 5.02 Å². The van der Waals surface area contributed by atoms with Gasteiger partial charge in [0.1, 0.15) is 5.69 Å². The van der Waals surface area contributed by atoms with E-state index in [2.05, 4.69) is 10.1 Å². The monoisotopic (exact) mass is 384 g/mol. The molecule has 27 heavy (non-hydrogen) atoms. The van der Waals surface area contributed by atoms with Crippen LogP contribution in [0.5, 0.6) is 0 Å². The van der Waals surface area contributed by atoms with Gasteiger partial charge in [-0.3, -0.25) is 10.1 Å². The van der Waals surface area contributed by atoms with Crippen molar-refractivity contribution in [3.63, 3.8) is 0 Å². The molecule has 1 saturated heterocycles. The SMILES string of the molecule is O=[N+]([O-])c1ccccc1N1CCC(c2nc(-c3cccc(Cl)c3)no2)CC1. The van der Waals surface area contributed by atoms with E-state index in [9.17, 15) is 10.1 Å². The summed E-state index contributed by atoms with van der Waals surface area (Å²) in [6.45, 7) is 1.40. The maximum atomic E-state index is 11.2. The molecule has 138 valence electrons. The number of halogens is 1. The van der Waals surface area contributed by atoms with Crippen molar-refractivity contribution in [1.29, 1.82) is 0 Å². The van der Waals surface area contributed by atoms with Crippen molar-refractivity contribution in [1.82, 2.24) is 10.1 Å². The second kappa shape index (κ2) is 7.36. The third-order valence-corrected chi connectivity index (χ3v) is 5.02. The van der Waals surface area contributed by atoms with Gasteiger partial charge in [-0.2, -0.15) is 4.98 Å². The topological polar surface area (TPSA) is 85.3 Å². The predicted molar refractivity (Wildman–Crippen MR) is 102 cm³/mol. The van der Waals surface area contributed by atoms with Gasteiger partial charge in [-0.1, -0.05) is 41.0 Å².